The summed E-state index contributed by atoms with van der Waals surface area (Å²) in [6.07, 6.45) is 5.38. The molecule has 4 aromatic carbocycles. The summed E-state index contributed by atoms with van der Waals surface area (Å²) >= 11 is 0. The van der Waals surface area contributed by atoms with Gasteiger partial charge in [0.15, 0.2) is 5.78 Å². The van der Waals surface area contributed by atoms with Crippen molar-refractivity contribution in [3.8, 4) is 33.5 Å². The Balaban J connectivity index is 0.894. The maximum atomic E-state index is 14.1. The van der Waals surface area contributed by atoms with Gasteiger partial charge < -0.3 is 35.0 Å². The van der Waals surface area contributed by atoms with Crippen LogP contribution in [0.15, 0.2) is 85.1 Å². The molecule has 332 valence electrons. The number of carbonyl (C=O) groups is 4. The molecule has 3 fully saturated rings. The fourth-order valence-electron chi connectivity index (χ4n) is 10.7. The van der Waals surface area contributed by atoms with Gasteiger partial charge in [-0.25, -0.2) is 19.6 Å². The molecule has 1 unspecified atom stereocenters. The van der Waals surface area contributed by atoms with Crippen LogP contribution in [0.2, 0.25) is 0 Å². The minimum Gasteiger partial charge on any atom is -0.453 e. The minimum absolute atomic E-state index is 0.0123. The molecular weight excluding hydrogens is 807 g/mol. The van der Waals surface area contributed by atoms with E-state index in [1.54, 1.807) is 0 Å². The molecule has 2 aliphatic carbocycles. The van der Waals surface area contributed by atoms with Crippen molar-refractivity contribution in [1.82, 2.24) is 35.5 Å². The third kappa shape index (κ3) is 8.12. The summed E-state index contributed by atoms with van der Waals surface area (Å²) in [7, 11) is 2.62. The number of hydrogen-bond acceptors (Lipinski definition) is 8. The molecular formula is C51H57N7O6. The van der Waals surface area contributed by atoms with Gasteiger partial charge in [-0.2, -0.15) is 0 Å². The van der Waals surface area contributed by atoms with Crippen LogP contribution < -0.4 is 10.6 Å². The largest absolute Gasteiger partial charge is 0.453 e. The quantitative estimate of drug-likeness (QED) is 0.0942. The second-order valence-corrected chi connectivity index (χ2v) is 18.6. The first kappa shape index (κ1) is 42.8. The fraction of sp³-hybridized carbons (Fsp3) is 0.412. The van der Waals surface area contributed by atoms with Crippen molar-refractivity contribution in [3.05, 3.63) is 96.7 Å². The van der Waals surface area contributed by atoms with Crippen LogP contribution >= 0.6 is 0 Å². The number of nitrogens with zero attached hydrogens (tertiary/aromatic N) is 3. The number of hydrogen-bond donors (Lipinski definition) is 4. The molecule has 64 heavy (non-hydrogen) atoms. The predicted molar refractivity (Wildman–Crippen MR) is 246 cm³/mol. The van der Waals surface area contributed by atoms with Crippen LogP contribution in [0.25, 0.3) is 55.3 Å². The lowest BCUT2D eigenvalue weighted by Gasteiger charge is -2.32. The third-order valence-electron chi connectivity index (χ3n) is 14.0. The van der Waals surface area contributed by atoms with Gasteiger partial charge in [0.2, 0.25) is 5.91 Å². The summed E-state index contributed by atoms with van der Waals surface area (Å²) in [6.45, 7) is 8.34. The normalized spacial score (nSPS) is 21.4. The van der Waals surface area contributed by atoms with Gasteiger partial charge in [0.05, 0.1) is 49.2 Å². The monoisotopic (exact) mass is 863 g/mol. The van der Waals surface area contributed by atoms with E-state index in [9.17, 15) is 19.2 Å². The zero-order valence-electron chi connectivity index (χ0n) is 37.3. The Hall–Kier alpha value is -6.50. The van der Waals surface area contributed by atoms with E-state index < -0.39 is 24.3 Å². The van der Waals surface area contributed by atoms with Crippen molar-refractivity contribution in [1.29, 1.82) is 0 Å². The first-order valence-electron chi connectivity index (χ1n) is 22.6. The maximum absolute atomic E-state index is 14.1. The Kier molecular flexibility index (Phi) is 11.8. The van der Waals surface area contributed by atoms with E-state index in [1.165, 1.54) is 14.2 Å². The van der Waals surface area contributed by atoms with Crippen LogP contribution in [0.1, 0.15) is 83.4 Å². The van der Waals surface area contributed by atoms with E-state index in [-0.39, 0.29) is 41.4 Å². The van der Waals surface area contributed by atoms with E-state index in [0.717, 1.165) is 99.1 Å². The van der Waals surface area contributed by atoms with Crippen molar-refractivity contribution in [2.75, 3.05) is 20.8 Å². The number of ketones is 1. The number of Topliss-reactive ketones (excluding diaryl/α,β-unsaturated/α-hetero) is 1. The van der Waals surface area contributed by atoms with E-state index in [2.05, 4.69) is 99.5 Å². The molecule has 1 saturated heterocycles. The first-order chi connectivity index (χ1) is 30.9. The number of alkyl carbamates (subject to hydrolysis) is 2. The highest BCUT2D eigenvalue weighted by atomic mass is 16.5. The molecule has 1 aliphatic heterocycles. The van der Waals surface area contributed by atoms with Gasteiger partial charge >= 0.3 is 12.2 Å². The van der Waals surface area contributed by atoms with Crippen LogP contribution in [0.4, 0.5) is 9.59 Å². The Morgan fingerprint density at radius 1 is 0.688 bits per heavy atom. The van der Waals surface area contributed by atoms with Gasteiger partial charge in [0.25, 0.3) is 0 Å². The zero-order valence-corrected chi connectivity index (χ0v) is 37.3. The van der Waals surface area contributed by atoms with Gasteiger partial charge in [0.1, 0.15) is 17.7 Å². The number of aromatic nitrogens is 4. The average molecular weight is 864 g/mol. The van der Waals surface area contributed by atoms with Gasteiger partial charge in [0, 0.05) is 18.4 Å². The molecule has 3 heterocycles. The second-order valence-electron chi connectivity index (χ2n) is 18.6. The topological polar surface area (TPSA) is 171 Å². The number of aromatic amines is 2. The first-order valence-corrected chi connectivity index (χ1v) is 22.6. The third-order valence-corrected chi connectivity index (χ3v) is 14.0. The highest BCUT2D eigenvalue weighted by molar-refractivity contribution is 5.93. The molecule has 3 aliphatic rings. The molecule has 3 amide bonds. The number of H-pyrrole nitrogens is 2. The molecule has 4 N–H and O–H groups in total. The summed E-state index contributed by atoms with van der Waals surface area (Å²) in [6, 6.07) is 26.3. The van der Waals surface area contributed by atoms with Gasteiger partial charge in [-0.05, 0) is 119 Å². The molecule has 2 saturated carbocycles. The standard InChI is InChI=1S/C51H57N7O6/c1-27(2)44(56-50(61)63-5)46(59)42-36-17-18-37(24-36)43(42)48-53-38-20-19-35(25-39(38)54-48)34-16-15-32-22-31(13-14-33(32)23-34)29-9-11-30(12-10-29)40-26-52-47(55-40)41-8-7-21-58(41)49(60)45(28(3)4)57-51(62)64-6/h9-16,19-20,22-23,25-28,36-37,41-45H,7-8,17-18,21,24H2,1-6H3,(H,52,55)(H,53,54)(H,56,61)(H,57,62)/t36-,37+,41+,42?,43-,44+,45+/m1/s1. The average Bonchev–Trinajstić information content (AvgIpc) is 4.17. The fourth-order valence-corrected chi connectivity index (χ4v) is 10.7. The van der Waals surface area contributed by atoms with Gasteiger partial charge in [-0.15, -0.1) is 0 Å². The predicted octanol–water partition coefficient (Wildman–Crippen LogP) is 9.56. The van der Waals surface area contributed by atoms with E-state index >= 15 is 0 Å². The SMILES string of the molecule is COC(=O)N[C@H](C(=O)C1[C@@H]2CC[C@@H](C2)[C@H]1c1nc2ccc(-c3ccc4cc(-c5ccc(-c6cnc([C@@H]7CCCN7C(=O)[C@@H](NC(=O)OC)C(C)C)[nH]6)cc5)ccc4c3)cc2[nH]1)C(C)C. The van der Waals surface area contributed by atoms with Crippen molar-refractivity contribution < 1.29 is 28.7 Å². The molecule has 2 bridgehead atoms. The van der Waals surface area contributed by atoms with Crippen molar-refractivity contribution in [3.63, 3.8) is 0 Å². The molecule has 0 radical (unpaired) electrons. The molecule has 13 nitrogen and oxygen atoms in total. The van der Waals surface area contributed by atoms with Crippen molar-refractivity contribution >= 4 is 45.7 Å². The van der Waals surface area contributed by atoms with Gasteiger partial charge in [-0.1, -0.05) is 82.3 Å². The van der Waals surface area contributed by atoms with Gasteiger partial charge in [-0.3, -0.25) is 9.59 Å². The molecule has 6 aromatic rings. The summed E-state index contributed by atoms with van der Waals surface area (Å²) < 4.78 is 9.64. The number of methoxy groups -OCH3 is 2. The minimum atomic E-state index is -0.685. The Morgan fingerprint density at radius 3 is 1.95 bits per heavy atom. The highest BCUT2D eigenvalue weighted by Gasteiger charge is 2.54. The number of rotatable bonds is 12. The smallest absolute Gasteiger partial charge is 0.407 e. The maximum Gasteiger partial charge on any atom is 0.407 e. The molecule has 2 aromatic heterocycles. The number of benzene rings is 4. The van der Waals surface area contributed by atoms with Crippen molar-refractivity contribution in [2.24, 2.45) is 29.6 Å². The summed E-state index contributed by atoms with van der Waals surface area (Å²) in [5.41, 5.74) is 8.08. The number of amides is 3. The lowest BCUT2D eigenvalue weighted by Crippen LogP contribution is -2.51. The number of likely N-dealkylation sites (tertiary alicyclic amines) is 1. The summed E-state index contributed by atoms with van der Waals surface area (Å²) in [4.78, 5) is 70.6. The Labute approximate surface area is 373 Å². The van der Waals surface area contributed by atoms with E-state index in [0.29, 0.717) is 18.4 Å². The van der Waals surface area contributed by atoms with Crippen LogP contribution in [-0.4, -0.2) is 81.6 Å². The lowest BCUT2D eigenvalue weighted by atomic mass is 9.73. The van der Waals surface area contributed by atoms with Crippen molar-refractivity contribution in [2.45, 2.75) is 83.8 Å². The number of imidazole rings is 2. The summed E-state index contributed by atoms with van der Waals surface area (Å²) in [5, 5.41) is 7.80. The molecule has 7 atom stereocenters. The Bertz CT molecular complexity index is 2720. The van der Waals surface area contributed by atoms with Crippen LogP contribution in [0.5, 0.6) is 0 Å². The number of nitrogens with one attached hydrogen (secondary N) is 4. The number of carbonyl (C=O) groups excluding carboxylic acids is 4. The van der Waals surface area contributed by atoms with E-state index in [4.69, 9.17) is 19.4 Å². The van der Waals surface area contributed by atoms with Crippen LogP contribution in [0.3, 0.4) is 0 Å². The number of ether oxygens (including phenoxy) is 2. The van der Waals surface area contributed by atoms with E-state index in [1.807, 2.05) is 38.8 Å². The lowest BCUT2D eigenvalue weighted by molar-refractivity contribution is -0.135. The van der Waals surface area contributed by atoms with Crippen LogP contribution in [-0.2, 0) is 19.1 Å². The Morgan fingerprint density at radius 2 is 1.28 bits per heavy atom. The highest BCUT2D eigenvalue weighted by Crippen LogP contribution is 2.57. The van der Waals surface area contributed by atoms with Crippen LogP contribution in [0, 0.1) is 29.6 Å². The summed E-state index contributed by atoms with van der Waals surface area (Å²) in [5.74, 6) is 1.84. The zero-order chi connectivity index (χ0) is 44.8. The number of fused-ring (bicyclic) bond motifs is 4. The second kappa shape index (κ2) is 17.6. The molecule has 13 heteroatoms. The molecule has 9 rings (SSSR count). The molecule has 0 spiro atoms.